The largest absolute Gasteiger partial charge is 0.349 e. The Morgan fingerprint density at radius 2 is 1.43 bits per heavy atom. The van der Waals surface area contributed by atoms with Gasteiger partial charge in [-0.1, -0.05) is 19.3 Å². The average Bonchev–Trinajstić information content (AvgIpc) is 3.71. The minimum absolute atomic E-state index is 0.0518. The number of nitrogens with zero attached hydrogens (tertiary/aromatic N) is 2. The summed E-state index contributed by atoms with van der Waals surface area (Å²) in [7, 11) is 0. The number of hydrogen-bond donors (Lipinski definition) is 2. The molecule has 3 saturated carbocycles. The molecule has 0 bridgehead atoms. The second kappa shape index (κ2) is 8.75. The minimum atomic E-state index is -0.0803. The van der Waals surface area contributed by atoms with Gasteiger partial charge in [0.15, 0.2) is 0 Å². The van der Waals surface area contributed by atoms with E-state index in [9.17, 15) is 9.59 Å². The SMILES string of the molecule is O=C(NCC(NC(=O)c1cnc(C2CC2)s1)C1CCCCC1)c1cnc(C2CC2)s1. The summed E-state index contributed by atoms with van der Waals surface area (Å²) in [6.45, 7) is 0.459. The van der Waals surface area contributed by atoms with Crippen LogP contribution in [0.2, 0.25) is 0 Å². The van der Waals surface area contributed by atoms with E-state index in [0.29, 0.717) is 34.1 Å². The Morgan fingerprint density at radius 1 is 0.867 bits per heavy atom. The van der Waals surface area contributed by atoms with E-state index >= 15 is 0 Å². The molecule has 2 amide bonds. The van der Waals surface area contributed by atoms with E-state index in [4.69, 9.17) is 0 Å². The van der Waals surface area contributed by atoms with Crippen molar-refractivity contribution in [1.29, 1.82) is 0 Å². The zero-order valence-electron chi connectivity index (χ0n) is 17.1. The van der Waals surface area contributed by atoms with Crippen molar-refractivity contribution in [3.63, 3.8) is 0 Å². The Hall–Kier alpha value is -1.80. The van der Waals surface area contributed by atoms with Crippen LogP contribution in [0.15, 0.2) is 12.4 Å². The molecular formula is C22H28N4O2S2. The van der Waals surface area contributed by atoms with Crippen LogP contribution in [0.4, 0.5) is 0 Å². The fraction of sp³-hybridized carbons (Fsp3) is 0.636. The third-order valence-electron chi connectivity index (χ3n) is 6.37. The highest BCUT2D eigenvalue weighted by molar-refractivity contribution is 7.14. The molecule has 1 atom stereocenters. The van der Waals surface area contributed by atoms with Gasteiger partial charge in [-0.3, -0.25) is 9.59 Å². The number of carbonyl (C=O) groups is 2. The fourth-order valence-electron chi connectivity index (χ4n) is 4.22. The van der Waals surface area contributed by atoms with Crippen LogP contribution in [-0.4, -0.2) is 34.4 Å². The summed E-state index contributed by atoms with van der Waals surface area (Å²) in [4.78, 5) is 35.8. The molecule has 8 heteroatoms. The number of aromatic nitrogens is 2. The number of amides is 2. The molecule has 3 fully saturated rings. The molecule has 2 aromatic heterocycles. The molecule has 2 N–H and O–H groups in total. The number of thiazole rings is 2. The number of rotatable bonds is 8. The van der Waals surface area contributed by atoms with E-state index in [0.717, 1.165) is 22.9 Å². The van der Waals surface area contributed by atoms with E-state index in [2.05, 4.69) is 20.6 Å². The molecule has 160 valence electrons. The molecule has 2 heterocycles. The fourth-order valence-corrected chi connectivity index (χ4v) is 6.22. The first-order valence-corrected chi connectivity index (χ1v) is 12.8. The quantitative estimate of drug-likeness (QED) is 0.629. The van der Waals surface area contributed by atoms with Crippen LogP contribution in [0, 0.1) is 5.92 Å². The Bertz CT molecular complexity index is 910. The van der Waals surface area contributed by atoms with Crippen LogP contribution < -0.4 is 10.6 Å². The van der Waals surface area contributed by atoms with Gasteiger partial charge in [0, 0.05) is 24.4 Å². The first kappa shape index (κ1) is 20.1. The molecule has 0 saturated heterocycles. The lowest BCUT2D eigenvalue weighted by Crippen LogP contribution is -2.48. The second-order valence-corrected chi connectivity index (χ2v) is 11.0. The maximum Gasteiger partial charge on any atom is 0.263 e. The van der Waals surface area contributed by atoms with Crippen molar-refractivity contribution in [1.82, 2.24) is 20.6 Å². The Kier molecular flexibility index (Phi) is 5.87. The van der Waals surface area contributed by atoms with Gasteiger partial charge in [0.2, 0.25) is 0 Å². The van der Waals surface area contributed by atoms with Gasteiger partial charge in [0.05, 0.1) is 22.4 Å². The molecule has 0 aromatic carbocycles. The molecule has 0 radical (unpaired) electrons. The van der Waals surface area contributed by atoms with Gasteiger partial charge in [0.25, 0.3) is 11.8 Å². The van der Waals surface area contributed by atoms with Gasteiger partial charge in [-0.05, 0) is 44.4 Å². The van der Waals surface area contributed by atoms with Crippen LogP contribution >= 0.6 is 22.7 Å². The van der Waals surface area contributed by atoms with Gasteiger partial charge in [-0.15, -0.1) is 22.7 Å². The molecule has 3 aliphatic carbocycles. The van der Waals surface area contributed by atoms with Gasteiger partial charge < -0.3 is 10.6 Å². The lowest BCUT2D eigenvalue weighted by molar-refractivity contribution is 0.0886. The van der Waals surface area contributed by atoms with Crippen molar-refractivity contribution in [2.45, 2.75) is 75.7 Å². The second-order valence-electron chi connectivity index (χ2n) is 8.86. The normalized spacial score (nSPS) is 20.7. The molecule has 5 rings (SSSR count). The van der Waals surface area contributed by atoms with E-state index in [1.807, 2.05) is 0 Å². The molecule has 2 aromatic rings. The highest BCUT2D eigenvalue weighted by atomic mass is 32.1. The first-order valence-electron chi connectivity index (χ1n) is 11.2. The Labute approximate surface area is 184 Å². The van der Waals surface area contributed by atoms with Crippen LogP contribution in [0.25, 0.3) is 0 Å². The van der Waals surface area contributed by atoms with E-state index in [1.54, 1.807) is 12.4 Å². The van der Waals surface area contributed by atoms with Crippen molar-refractivity contribution >= 4 is 34.5 Å². The zero-order valence-corrected chi connectivity index (χ0v) is 18.7. The predicted octanol–water partition coefficient (Wildman–Crippen LogP) is 4.46. The number of nitrogens with one attached hydrogen (secondary N) is 2. The lowest BCUT2D eigenvalue weighted by Gasteiger charge is -2.31. The van der Waals surface area contributed by atoms with Gasteiger partial charge in [0.1, 0.15) is 9.75 Å². The molecule has 0 spiro atoms. The lowest BCUT2D eigenvalue weighted by atomic mass is 9.83. The summed E-state index contributed by atoms with van der Waals surface area (Å²) in [5.74, 6) is 1.39. The van der Waals surface area contributed by atoms with Crippen molar-refractivity contribution in [3.05, 3.63) is 32.2 Å². The van der Waals surface area contributed by atoms with E-state index in [1.165, 1.54) is 67.6 Å². The summed E-state index contributed by atoms with van der Waals surface area (Å²) in [6, 6.07) is -0.0518. The molecule has 30 heavy (non-hydrogen) atoms. The average molecular weight is 445 g/mol. The zero-order chi connectivity index (χ0) is 20.5. The summed E-state index contributed by atoms with van der Waals surface area (Å²) in [5.41, 5.74) is 0. The van der Waals surface area contributed by atoms with Crippen molar-refractivity contribution in [2.75, 3.05) is 6.54 Å². The number of hydrogen-bond acceptors (Lipinski definition) is 6. The molecule has 3 aliphatic rings. The summed E-state index contributed by atoms with van der Waals surface area (Å²) < 4.78 is 0. The van der Waals surface area contributed by atoms with Gasteiger partial charge in [-0.25, -0.2) is 9.97 Å². The summed E-state index contributed by atoms with van der Waals surface area (Å²) >= 11 is 3.02. The predicted molar refractivity (Wildman–Crippen MR) is 118 cm³/mol. The third-order valence-corrected chi connectivity index (χ3v) is 8.68. The van der Waals surface area contributed by atoms with Crippen LogP contribution in [0.3, 0.4) is 0 Å². The van der Waals surface area contributed by atoms with Crippen molar-refractivity contribution in [2.24, 2.45) is 5.92 Å². The summed E-state index contributed by atoms with van der Waals surface area (Å²) in [5, 5.41) is 8.44. The summed E-state index contributed by atoms with van der Waals surface area (Å²) in [6.07, 6.45) is 14.0. The standard InChI is InChI=1S/C22H28N4O2S2/c27-19(17-11-24-21(29-17)14-6-7-14)23-10-16(13-4-2-1-3-5-13)26-20(28)18-12-25-22(30-18)15-8-9-15/h11-16H,1-10H2,(H,23,27)(H,26,28). The van der Waals surface area contributed by atoms with Gasteiger partial charge in [-0.2, -0.15) is 0 Å². The Balaban J connectivity index is 1.22. The molecular weight excluding hydrogens is 416 g/mol. The van der Waals surface area contributed by atoms with Crippen LogP contribution in [0.1, 0.15) is 99.0 Å². The molecule has 1 unspecified atom stereocenters. The molecule has 0 aliphatic heterocycles. The maximum atomic E-state index is 12.9. The smallest absolute Gasteiger partial charge is 0.263 e. The first-order chi connectivity index (χ1) is 14.7. The minimum Gasteiger partial charge on any atom is -0.349 e. The third kappa shape index (κ3) is 4.75. The van der Waals surface area contributed by atoms with Crippen LogP contribution in [0.5, 0.6) is 0 Å². The molecule has 6 nitrogen and oxygen atoms in total. The van der Waals surface area contributed by atoms with Crippen molar-refractivity contribution < 1.29 is 9.59 Å². The Morgan fingerprint density at radius 3 is 2.00 bits per heavy atom. The topological polar surface area (TPSA) is 84.0 Å². The number of carbonyl (C=O) groups excluding carboxylic acids is 2. The monoisotopic (exact) mass is 444 g/mol. The highest BCUT2D eigenvalue weighted by Gasteiger charge is 2.30. The van der Waals surface area contributed by atoms with E-state index < -0.39 is 0 Å². The van der Waals surface area contributed by atoms with Gasteiger partial charge >= 0.3 is 0 Å². The van der Waals surface area contributed by atoms with Crippen LogP contribution in [-0.2, 0) is 0 Å². The van der Waals surface area contributed by atoms with Crippen molar-refractivity contribution in [3.8, 4) is 0 Å². The van der Waals surface area contributed by atoms with E-state index in [-0.39, 0.29) is 17.9 Å². The maximum absolute atomic E-state index is 12.9. The highest BCUT2D eigenvalue weighted by Crippen LogP contribution is 2.42.